The second-order valence-corrected chi connectivity index (χ2v) is 8.75. The van der Waals surface area contributed by atoms with E-state index in [0.29, 0.717) is 12.2 Å². The molecule has 2 rings (SSSR count). The molecule has 0 spiro atoms. The number of carbonyl (C=O) groups excluding carboxylic acids is 1. The summed E-state index contributed by atoms with van der Waals surface area (Å²) in [7, 11) is 0. The number of unbranched alkanes of at least 4 members (excludes halogenated alkanes) is 2. The molecule has 10 heteroatoms. The number of alkyl halides is 3. The van der Waals surface area contributed by atoms with E-state index in [1.165, 1.54) is 11.9 Å². The van der Waals surface area contributed by atoms with Crippen LogP contribution in [0.15, 0.2) is 29.2 Å². The average molecular weight is 479 g/mol. The Hall–Kier alpha value is -1.33. The molecule has 182 valence electrons. The lowest BCUT2D eigenvalue weighted by molar-refractivity contribution is -0.139. The van der Waals surface area contributed by atoms with Gasteiger partial charge in [-0.1, -0.05) is 31.9 Å². The van der Waals surface area contributed by atoms with Crippen molar-refractivity contribution in [3.8, 4) is 0 Å². The normalized spacial score (nSPS) is 15.8. The minimum Gasteiger partial charge on any atom is -0.378 e. The molecule has 6 nitrogen and oxygen atoms in total. The van der Waals surface area contributed by atoms with Crippen molar-refractivity contribution in [2.45, 2.75) is 69.0 Å². The summed E-state index contributed by atoms with van der Waals surface area (Å²) in [5.74, 6) is -0.340. The Kier molecular flexibility index (Phi) is 12.4. The molecule has 0 radical (unpaired) electrons. The lowest BCUT2D eigenvalue weighted by atomic mass is 10.1. The number of amides is 1. The third-order valence-electron chi connectivity index (χ3n) is 4.92. The molecule has 1 saturated heterocycles. The van der Waals surface area contributed by atoms with Crippen LogP contribution in [0.1, 0.15) is 62.2 Å². The summed E-state index contributed by atoms with van der Waals surface area (Å²) in [5, 5.41) is 0. The van der Waals surface area contributed by atoms with Crippen LogP contribution in [-0.2, 0) is 14.3 Å². The Balaban J connectivity index is 1.70. The molecule has 1 aliphatic heterocycles. The highest BCUT2D eigenvalue weighted by Crippen LogP contribution is 2.30. The van der Waals surface area contributed by atoms with Crippen molar-refractivity contribution in [3.05, 3.63) is 29.8 Å². The van der Waals surface area contributed by atoms with Crippen LogP contribution in [0.3, 0.4) is 0 Å². The van der Waals surface area contributed by atoms with Gasteiger partial charge in [-0.25, -0.2) is 14.6 Å². The van der Waals surface area contributed by atoms with Crippen LogP contribution in [0.2, 0.25) is 0 Å². The van der Waals surface area contributed by atoms with Gasteiger partial charge in [0.25, 0.3) is 5.91 Å². The van der Waals surface area contributed by atoms with Crippen molar-refractivity contribution < 1.29 is 32.3 Å². The summed E-state index contributed by atoms with van der Waals surface area (Å²) >= 11 is 1.49. The molecular formula is C22H33F3N2O4S. The maximum Gasteiger partial charge on any atom is 0.389 e. The second-order valence-electron chi connectivity index (χ2n) is 7.61. The number of hydroxylamine groups is 1. The molecule has 1 fully saturated rings. The molecule has 0 aliphatic carbocycles. The van der Waals surface area contributed by atoms with Crippen molar-refractivity contribution in [1.29, 1.82) is 0 Å². The van der Waals surface area contributed by atoms with Gasteiger partial charge in [0.2, 0.25) is 0 Å². The van der Waals surface area contributed by atoms with Crippen LogP contribution in [0.5, 0.6) is 0 Å². The molecule has 1 amide bonds. The van der Waals surface area contributed by atoms with E-state index in [9.17, 15) is 18.0 Å². The van der Waals surface area contributed by atoms with Crippen molar-refractivity contribution in [3.63, 3.8) is 0 Å². The van der Waals surface area contributed by atoms with E-state index in [0.717, 1.165) is 50.1 Å². The van der Waals surface area contributed by atoms with Gasteiger partial charge in [0, 0.05) is 37.6 Å². The van der Waals surface area contributed by atoms with E-state index < -0.39 is 12.6 Å². The summed E-state index contributed by atoms with van der Waals surface area (Å²) in [6, 6.07) is 7.27. The molecule has 0 saturated carbocycles. The first kappa shape index (κ1) is 26.9. The number of carbonyl (C=O) groups is 1. The predicted octanol–water partition coefficient (Wildman–Crippen LogP) is 5.34. The van der Waals surface area contributed by atoms with Crippen LogP contribution in [0, 0.1) is 0 Å². The number of hydrogen-bond acceptors (Lipinski definition) is 6. The van der Waals surface area contributed by atoms with Gasteiger partial charge in [0.05, 0.1) is 11.7 Å². The van der Waals surface area contributed by atoms with Crippen molar-refractivity contribution >= 4 is 17.9 Å². The summed E-state index contributed by atoms with van der Waals surface area (Å²) in [6.07, 6.45) is -0.317. The first-order valence-corrected chi connectivity index (χ1v) is 11.9. The zero-order chi connectivity index (χ0) is 23.2. The zero-order valence-corrected chi connectivity index (χ0v) is 19.3. The minimum atomic E-state index is -4.13. The highest BCUT2D eigenvalue weighted by molar-refractivity contribution is 7.97. The molecule has 1 aromatic rings. The topological polar surface area (TPSA) is 60.0 Å². The molecule has 1 aromatic carbocycles. The lowest BCUT2D eigenvalue weighted by Gasteiger charge is -2.31. The Morgan fingerprint density at radius 1 is 1.16 bits per heavy atom. The van der Waals surface area contributed by atoms with Gasteiger partial charge < -0.3 is 9.47 Å². The second kappa shape index (κ2) is 14.7. The fourth-order valence-electron chi connectivity index (χ4n) is 3.19. The fourth-order valence-corrected chi connectivity index (χ4v) is 4.26. The van der Waals surface area contributed by atoms with Crippen LogP contribution in [0.25, 0.3) is 0 Å². The fraction of sp³-hybridized carbons (Fsp3) is 0.682. The van der Waals surface area contributed by atoms with Crippen LogP contribution in [0.4, 0.5) is 13.2 Å². The van der Waals surface area contributed by atoms with Crippen LogP contribution < -0.4 is 5.48 Å². The van der Waals surface area contributed by atoms with Crippen LogP contribution >= 0.6 is 11.9 Å². The van der Waals surface area contributed by atoms with Gasteiger partial charge in [-0.15, -0.1) is 0 Å². The quantitative estimate of drug-likeness (QED) is 0.169. The van der Waals surface area contributed by atoms with Gasteiger partial charge in [-0.05, 0) is 49.8 Å². The molecule has 1 aliphatic rings. The zero-order valence-electron chi connectivity index (χ0n) is 18.5. The van der Waals surface area contributed by atoms with Crippen LogP contribution in [-0.4, -0.2) is 55.6 Å². The molecule has 0 atom stereocenters. The predicted molar refractivity (Wildman–Crippen MR) is 117 cm³/mol. The largest absolute Gasteiger partial charge is 0.389 e. The smallest absolute Gasteiger partial charge is 0.378 e. The number of benzene rings is 1. The van der Waals surface area contributed by atoms with E-state index in [1.807, 2.05) is 12.1 Å². The van der Waals surface area contributed by atoms with E-state index in [2.05, 4.69) is 16.7 Å². The maximum absolute atomic E-state index is 12.5. The van der Waals surface area contributed by atoms with Gasteiger partial charge in [0.1, 0.15) is 0 Å². The molecular weight excluding hydrogens is 445 g/mol. The highest BCUT2D eigenvalue weighted by atomic mass is 32.2. The molecule has 0 unspecified atom stereocenters. The number of ether oxygens (including phenoxy) is 2. The number of rotatable bonds is 14. The monoisotopic (exact) mass is 478 g/mol. The van der Waals surface area contributed by atoms with E-state index >= 15 is 0 Å². The Morgan fingerprint density at radius 2 is 1.91 bits per heavy atom. The van der Waals surface area contributed by atoms with E-state index in [4.69, 9.17) is 14.3 Å². The molecule has 0 aromatic heterocycles. The maximum atomic E-state index is 12.5. The van der Waals surface area contributed by atoms with Crippen molar-refractivity contribution in [1.82, 2.24) is 9.79 Å². The summed E-state index contributed by atoms with van der Waals surface area (Å²) in [4.78, 5) is 18.4. The first-order valence-electron chi connectivity index (χ1n) is 11.1. The molecule has 0 bridgehead atoms. The Morgan fingerprint density at radius 3 is 2.62 bits per heavy atom. The number of piperidine rings is 1. The lowest BCUT2D eigenvalue weighted by Crippen LogP contribution is -2.33. The summed E-state index contributed by atoms with van der Waals surface area (Å²) in [5.41, 5.74) is 2.93. The van der Waals surface area contributed by atoms with E-state index in [1.54, 1.807) is 12.1 Å². The number of nitrogens with one attached hydrogen (secondary N) is 1. The van der Waals surface area contributed by atoms with Crippen molar-refractivity contribution in [2.75, 3.05) is 33.1 Å². The number of halogens is 3. The van der Waals surface area contributed by atoms with Gasteiger partial charge >= 0.3 is 6.18 Å². The first-order chi connectivity index (χ1) is 15.4. The minimum absolute atomic E-state index is 0.00124. The average Bonchev–Trinajstić information content (AvgIpc) is 2.77. The molecule has 32 heavy (non-hydrogen) atoms. The van der Waals surface area contributed by atoms with Gasteiger partial charge in [-0.2, -0.15) is 13.2 Å². The Bertz CT molecular complexity index is 671. The molecule has 1 N–H and O–H groups in total. The SMILES string of the molecule is CCCCCOCONC(=O)c1ccccc1SN1CCC(OCCCC(F)(F)F)CC1. The standard InChI is InChI=1S/C22H33F3N2O4S/c1-2-3-6-15-29-17-31-26-21(28)19-8-4-5-9-20(19)32-27-13-10-18(11-14-27)30-16-7-12-22(23,24)25/h4-5,8-9,18H,2-3,6-7,10-17H2,1H3,(H,26,28). The van der Waals surface area contributed by atoms with Gasteiger partial charge in [-0.3, -0.25) is 4.79 Å². The summed E-state index contributed by atoms with van der Waals surface area (Å²) in [6.45, 7) is 4.30. The Labute approximate surface area is 192 Å². The van der Waals surface area contributed by atoms with Crippen molar-refractivity contribution in [2.24, 2.45) is 0 Å². The third-order valence-corrected chi connectivity index (χ3v) is 6.09. The molecule has 1 heterocycles. The van der Waals surface area contributed by atoms with Gasteiger partial charge in [0.15, 0.2) is 6.79 Å². The highest BCUT2D eigenvalue weighted by Gasteiger charge is 2.27. The summed E-state index contributed by atoms with van der Waals surface area (Å²) < 4.78 is 49.7. The number of nitrogens with zero attached hydrogens (tertiary/aromatic N) is 1. The third kappa shape index (κ3) is 11.0. The van der Waals surface area contributed by atoms with E-state index in [-0.39, 0.29) is 31.8 Å². The number of hydrogen-bond donors (Lipinski definition) is 1.